The summed E-state index contributed by atoms with van der Waals surface area (Å²) in [6, 6.07) is 15.5. The van der Waals surface area contributed by atoms with Crippen molar-refractivity contribution in [2.45, 2.75) is 13.5 Å². The lowest BCUT2D eigenvalue weighted by Gasteiger charge is -2.08. The number of carbonyl (C=O) groups excluding carboxylic acids is 1. The number of aryl methyl sites for hydroxylation is 1. The van der Waals surface area contributed by atoms with Crippen molar-refractivity contribution in [3.63, 3.8) is 0 Å². The second-order valence-corrected chi connectivity index (χ2v) is 7.23. The van der Waals surface area contributed by atoms with Crippen LogP contribution in [0.15, 0.2) is 65.1 Å². The highest BCUT2D eigenvalue weighted by atomic mass is 35.5. The predicted octanol–water partition coefficient (Wildman–Crippen LogP) is 6.66. The fourth-order valence-corrected chi connectivity index (χ4v) is 3.43. The molecular formula is C23H17ClF2N2O2. The van der Waals surface area contributed by atoms with Gasteiger partial charge in [0.25, 0.3) is 0 Å². The number of halogens is 3. The molecule has 1 heterocycles. The third-order valence-corrected chi connectivity index (χ3v) is 4.97. The topological polar surface area (TPSA) is 54.3 Å². The van der Waals surface area contributed by atoms with Crippen molar-refractivity contribution in [2.75, 3.05) is 5.32 Å². The van der Waals surface area contributed by atoms with Crippen LogP contribution in [0.25, 0.3) is 22.1 Å². The molecule has 1 aromatic heterocycles. The summed E-state index contributed by atoms with van der Waals surface area (Å²) in [4.78, 5) is 12.2. The van der Waals surface area contributed by atoms with Gasteiger partial charge >= 0.3 is 6.03 Å². The summed E-state index contributed by atoms with van der Waals surface area (Å²) in [5.74, 6) is -0.380. The number of anilines is 1. The van der Waals surface area contributed by atoms with Crippen LogP contribution in [0.3, 0.4) is 0 Å². The van der Waals surface area contributed by atoms with Crippen LogP contribution in [0, 0.1) is 18.6 Å². The Balaban J connectivity index is 1.60. The second-order valence-electron chi connectivity index (χ2n) is 6.79. The first kappa shape index (κ1) is 19.9. The molecule has 0 saturated heterocycles. The molecule has 0 fully saturated rings. The van der Waals surface area contributed by atoms with Crippen LogP contribution in [0.2, 0.25) is 5.02 Å². The van der Waals surface area contributed by atoms with Gasteiger partial charge in [-0.2, -0.15) is 0 Å². The number of nitrogens with one attached hydrogen (secondary N) is 2. The zero-order valence-corrected chi connectivity index (χ0v) is 16.7. The van der Waals surface area contributed by atoms with Crippen LogP contribution in [0.5, 0.6) is 0 Å². The standard InChI is InChI=1S/C23H17ClF2N2O2/c1-13-4-2-3-5-16(13)22-18-10-14(24)6-8-17(18)21(30-22)12-27-23(29)28-20-9-7-15(25)11-19(20)26/h2-11H,12H2,1H3,(H2,27,28,29). The maximum Gasteiger partial charge on any atom is 0.319 e. The number of hydrogen-bond acceptors (Lipinski definition) is 2. The van der Waals surface area contributed by atoms with E-state index >= 15 is 0 Å². The minimum Gasteiger partial charge on any atom is -0.458 e. The number of carbonyl (C=O) groups is 1. The van der Waals surface area contributed by atoms with Gasteiger partial charge < -0.3 is 15.1 Å². The summed E-state index contributed by atoms with van der Waals surface area (Å²) in [7, 11) is 0. The molecule has 0 radical (unpaired) electrons. The van der Waals surface area contributed by atoms with E-state index in [1.54, 1.807) is 6.07 Å². The van der Waals surface area contributed by atoms with E-state index in [2.05, 4.69) is 10.6 Å². The zero-order valence-electron chi connectivity index (χ0n) is 15.9. The van der Waals surface area contributed by atoms with Gasteiger partial charge in [-0.1, -0.05) is 35.9 Å². The van der Waals surface area contributed by atoms with Gasteiger partial charge in [-0.15, -0.1) is 0 Å². The number of hydrogen-bond donors (Lipinski definition) is 2. The first-order chi connectivity index (χ1) is 14.4. The summed E-state index contributed by atoms with van der Waals surface area (Å²) in [6.07, 6.45) is 0. The number of fused-ring (bicyclic) bond motifs is 1. The van der Waals surface area contributed by atoms with Gasteiger partial charge in [0.05, 0.1) is 12.2 Å². The molecule has 0 unspecified atom stereocenters. The lowest BCUT2D eigenvalue weighted by molar-refractivity contribution is 0.251. The van der Waals surface area contributed by atoms with Crippen molar-refractivity contribution >= 4 is 34.1 Å². The molecular weight excluding hydrogens is 410 g/mol. The van der Waals surface area contributed by atoms with Crippen molar-refractivity contribution in [1.29, 1.82) is 0 Å². The van der Waals surface area contributed by atoms with E-state index in [4.69, 9.17) is 16.0 Å². The maximum absolute atomic E-state index is 13.7. The Hall–Kier alpha value is -3.38. The number of furan rings is 1. The average Bonchev–Trinajstić information content (AvgIpc) is 3.06. The number of amides is 2. The van der Waals surface area contributed by atoms with E-state index in [9.17, 15) is 13.6 Å². The first-order valence-electron chi connectivity index (χ1n) is 9.19. The van der Waals surface area contributed by atoms with Gasteiger partial charge in [0.1, 0.15) is 23.2 Å². The van der Waals surface area contributed by atoms with E-state index in [0.717, 1.165) is 34.0 Å². The summed E-state index contributed by atoms with van der Waals surface area (Å²) in [5.41, 5.74) is 1.84. The fraction of sp³-hybridized carbons (Fsp3) is 0.0870. The Morgan fingerprint density at radius 1 is 1.03 bits per heavy atom. The van der Waals surface area contributed by atoms with Crippen molar-refractivity contribution in [2.24, 2.45) is 0 Å². The maximum atomic E-state index is 13.7. The van der Waals surface area contributed by atoms with E-state index < -0.39 is 17.7 Å². The minimum atomic E-state index is -0.856. The number of rotatable bonds is 4. The lowest BCUT2D eigenvalue weighted by Crippen LogP contribution is -2.28. The van der Waals surface area contributed by atoms with Gasteiger partial charge in [0.15, 0.2) is 0 Å². The van der Waals surface area contributed by atoms with E-state index in [1.165, 1.54) is 0 Å². The number of benzene rings is 3. The molecule has 3 aromatic carbocycles. The smallest absolute Gasteiger partial charge is 0.319 e. The molecule has 0 aliphatic rings. The van der Waals surface area contributed by atoms with Crippen molar-refractivity contribution < 1.29 is 18.0 Å². The monoisotopic (exact) mass is 426 g/mol. The predicted molar refractivity (Wildman–Crippen MR) is 114 cm³/mol. The van der Waals surface area contributed by atoms with Gasteiger partial charge in [0.2, 0.25) is 0 Å². The molecule has 0 atom stereocenters. The molecule has 4 aromatic rings. The molecule has 4 rings (SSSR count). The van der Waals surface area contributed by atoms with E-state index in [0.29, 0.717) is 22.6 Å². The van der Waals surface area contributed by atoms with Gasteiger partial charge in [-0.3, -0.25) is 0 Å². The molecule has 0 saturated carbocycles. The van der Waals surface area contributed by atoms with Crippen molar-refractivity contribution in [1.82, 2.24) is 5.32 Å². The molecule has 4 nitrogen and oxygen atoms in total. The molecule has 152 valence electrons. The molecule has 0 spiro atoms. The molecule has 7 heteroatoms. The normalized spacial score (nSPS) is 10.9. The Bertz CT molecular complexity index is 1250. The van der Waals surface area contributed by atoms with Crippen molar-refractivity contribution in [3.05, 3.63) is 88.6 Å². The second kappa shape index (κ2) is 8.16. The highest BCUT2D eigenvalue weighted by Crippen LogP contribution is 2.36. The van der Waals surface area contributed by atoms with Gasteiger partial charge in [-0.25, -0.2) is 13.6 Å². The van der Waals surface area contributed by atoms with Crippen LogP contribution in [-0.4, -0.2) is 6.03 Å². The highest BCUT2D eigenvalue weighted by molar-refractivity contribution is 6.31. The largest absolute Gasteiger partial charge is 0.458 e. The third-order valence-electron chi connectivity index (χ3n) is 4.73. The highest BCUT2D eigenvalue weighted by Gasteiger charge is 2.17. The van der Waals surface area contributed by atoms with Crippen LogP contribution in [0.1, 0.15) is 11.3 Å². The Morgan fingerprint density at radius 2 is 1.83 bits per heavy atom. The Kier molecular flexibility index (Phi) is 5.42. The minimum absolute atomic E-state index is 0.0681. The van der Waals surface area contributed by atoms with Crippen molar-refractivity contribution in [3.8, 4) is 11.3 Å². The molecule has 0 aliphatic heterocycles. The molecule has 2 N–H and O–H groups in total. The number of urea groups is 1. The van der Waals surface area contributed by atoms with Gasteiger partial charge in [0, 0.05) is 27.4 Å². The quantitative estimate of drug-likeness (QED) is 0.383. The van der Waals surface area contributed by atoms with Crippen LogP contribution in [-0.2, 0) is 6.54 Å². The first-order valence-corrected chi connectivity index (χ1v) is 9.57. The van der Waals surface area contributed by atoms with E-state index in [1.807, 2.05) is 43.3 Å². The third kappa shape index (κ3) is 4.00. The summed E-state index contributed by atoms with van der Waals surface area (Å²) in [6.45, 7) is 2.05. The summed E-state index contributed by atoms with van der Waals surface area (Å²) in [5, 5.41) is 7.21. The Morgan fingerprint density at radius 3 is 2.60 bits per heavy atom. The lowest BCUT2D eigenvalue weighted by atomic mass is 10.0. The summed E-state index contributed by atoms with van der Waals surface area (Å²) < 4.78 is 32.8. The van der Waals surface area contributed by atoms with Crippen LogP contribution in [0.4, 0.5) is 19.3 Å². The van der Waals surface area contributed by atoms with Crippen LogP contribution >= 0.6 is 11.6 Å². The SMILES string of the molecule is Cc1ccccc1-c1oc(CNC(=O)Nc2ccc(F)cc2F)c2ccc(Cl)cc12. The fourth-order valence-electron chi connectivity index (χ4n) is 3.26. The van der Waals surface area contributed by atoms with E-state index in [-0.39, 0.29) is 12.2 Å². The average molecular weight is 427 g/mol. The van der Waals surface area contributed by atoms with Gasteiger partial charge in [-0.05, 0) is 42.8 Å². The molecule has 30 heavy (non-hydrogen) atoms. The summed E-state index contributed by atoms with van der Waals surface area (Å²) >= 11 is 6.19. The Labute approximate surface area is 176 Å². The zero-order chi connectivity index (χ0) is 21.3. The van der Waals surface area contributed by atoms with Crippen LogP contribution < -0.4 is 10.6 Å². The molecule has 0 aliphatic carbocycles. The molecule has 0 bridgehead atoms. The molecule has 2 amide bonds.